The molecule has 1 aromatic rings. The number of aromatic nitrogens is 1. The highest BCUT2D eigenvalue weighted by Crippen LogP contribution is 2.20. The van der Waals surface area contributed by atoms with Gasteiger partial charge in [0, 0.05) is 12.2 Å². The fourth-order valence-electron chi connectivity index (χ4n) is 1.82. The molecule has 1 aromatic heterocycles. The van der Waals surface area contributed by atoms with Crippen molar-refractivity contribution >= 4 is 5.84 Å². The van der Waals surface area contributed by atoms with Crippen LogP contribution in [0.3, 0.4) is 0 Å². The summed E-state index contributed by atoms with van der Waals surface area (Å²) in [6, 6.07) is 1.88. The summed E-state index contributed by atoms with van der Waals surface area (Å²) < 4.78 is 5.66. The molecule has 1 heterocycles. The standard InChI is InChI=1S/C13H22N4O2/c1-9-8-10(2)15-13(11(9)12(14)16-18)19-7-5-6-17(3)4/h8,18H,5-7H2,1-4H3,(H2,14,16). The second-order valence-electron chi connectivity index (χ2n) is 4.75. The van der Waals surface area contributed by atoms with Crippen LogP contribution in [0.2, 0.25) is 0 Å². The summed E-state index contributed by atoms with van der Waals surface area (Å²) in [7, 11) is 4.02. The number of amidine groups is 1. The molecule has 19 heavy (non-hydrogen) atoms. The van der Waals surface area contributed by atoms with Gasteiger partial charge < -0.3 is 20.6 Å². The number of nitrogens with two attached hydrogens (primary N) is 1. The highest BCUT2D eigenvalue weighted by Gasteiger charge is 2.14. The Morgan fingerprint density at radius 3 is 2.74 bits per heavy atom. The van der Waals surface area contributed by atoms with E-state index in [1.807, 2.05) is 34.0 Å². The van der Waals surface area contributed by atoms with E-state index in [0.29, 0.717) is 18.1 Å². The number of aryl methyl sites for hydroxylation is 2. The molecule has 0 aliphatic carbocycles. The van der Waals surface area contributed by atoms with E-state index >= 15 is 0 Å². The third kappa shape index (κ3) is 4.40. The normalized spacial score (nSPS) is 11.9. The largest absolute Gasteiger partial charge is 0.477 e. The van der Waals surface area contributed by atoms with Crippen LogP contribution in [-0.2, 0) is 0 Å². The highest BCUT2D eigenvalue weighted by molar-refractivity contribution is 6.00. The Morgan fingerprint density at radius 2 is 2.16 bits per heavy atom. The van der Waals surface area contributed by atoms with Crippen molar-refractivity contribution < 1.29 is 9.94 Å². The number of rotatable bonds is 6. The lowest BCUT2D eigenvalue weighted by atomic mass is 10.1. The predicted molar refractivity (Wildman–Crippen MR) is 74.9 cm³/mol. The van der Waals surface area contributed by atoms with E-state index in [1.54, 1.807) is 0 Å². The van der Waals surface area contributed by atoms with Gasteiger partial charge >= 0.3 is 0 Å². The number of ether oxygens (including phenoxy) is 1. The molecule has 0 amide bonds. The first-order valence-electron chi connectivity index (χ1n) is 6.19. The molecule has 106 valence electrons. The average Bonchev–Trinajstić information content (AvgIpc) is 2.33. The van der Waals surface area contributed by atoms with Gasteiger partial charge in [-0.25, -0.2) is 4.98 Å². The van der Waals surface area contributed by atoms with E-state index < -0.39 is 0 Å². The molecule has 0 spiro atoms. The van der Waals surface area contributed by atoms with Crippen LogP contribution in [0.1, 0.15) is 23.2 Å². The van der Waals surface area contributed by atoms with Gasteiger partial charge in [-0.15, -0.1) is 0 Å². The summed E-state index contributed by atoms with van der Waals surface area (Å²) >= 11 is 0. The van der Waals surface area contributed by atoms with Gasteiger partial charge in [0.2, 0.25) is 5.88 Å². The first kappa shape index (κ1) is 15.2. The first-order valence-corrected chi connectivity index (χ1v) is 6.19. The third-order valence-electron chi connectivity index (χ3n) is 2.66. The highest BCUT2D eigenvalue weighted by atomic mass is 16.5. The monoisotopic (exact) mass is 266 g/mol. The average molecular weight is 266 g/mol. The maximum absolute atomic E-state index is 8.82. The number of nitrogens with zero attached hydrogens (tertiary/aromatic N) is 3. The molecule has 0 saturated heterocycles. The molecule has 0 aromatic carbocycles. The minimum atomic E-state index is 0.0209. The van der Waals surface area contributed by atoms with Crippen molar-refractivity contribution in [3.8, 4) is 5.88 Å². The number of hydrogen-bond acceptors (Lipinski definition) is 5. The second-order valence-corrected chi connectivity index (χ2v) is 4.75. The Kier molecular flexibility index (Phi) is 5.57. The lowest BCUT2D eigenvalue weighted by Crippen LogP contribution is -2.19. The number of hydrogen-bond donors (Lipinski definition) is 2. The summed E-state index contributed by atoms with van der Waals surface area (Å²) in [5.41, 5.74) is 7.95. The zero-order valence-electron chi connectivity index (χ0n) is 12.0. The zero-order chi connectivity index (χ0) is 14.4. The van der Waals surface area contributed by atoms with Crippen LogP contribution in [0.4, 0.5) is 0 Å². The van der Waals surface area contributed by atoms with Gasteiger partial charge in [-0.3, -0.25) is 0 Å². The van der Waals surface area contributed by atoms with E-state index in [-0.39, 0.29) is 5.84 Å². The molecule has 0 fully saturated rings. The summed E-state index contributed by atoms with van der Waals surface area (Å²) in [6.45, 7) is 5.24. The Balaban J connectivity index is 2.86. The Bertz CT molecular complexity index is 458. The fourth-order valence-corrected chi connectivity index (χ4v) is 1.82. The maximum Gasteiger partial charge on any atom is 0.225 e. The minimum absolute atomic E-state index is 0.0209. The van der Waals surface area contributed by atoms with E-state index in [4.69, 9.17) is 15.7 Å². The van der Waals surface area contributed by atoms with Crippen LogP contribution < -0.4 is 10.5 Å². The molecule has 6 nitrogen and oxygen atoms in total. The molecule has 3 N–H and O–H groups in total. The van der Waals surface area contributed by atoms with Crippen molar-refractivity contribution in [1.82, 2.24) is 9.88 Å². The second kappa shape index (κ2) is 6.94. The molecule has 0 atom stereocenters. The van der Waals surface area contributed by atoms with E-state index in [0.717, 1.165) is 24.2 Å². The summed E-state index contributed by atoms with van der Waals surface area (Å²) in [5.74, 6) is 0.444. The van der Waals surface area contributed by atoms with Crippen LogP contribution in [0.5, 0.6) is 5.88 Å². The van der Waals surface area contributed by atoms with Gasteiger partial charge in [0.1, 0.15) is 0 Å². The molecule has 0 bridgehead atoms. The van der Waals surface area contributed by atoms with Gasteiger partial charge in [-0.05, 0) is 46.0 Å². The lowest BCUT2D eigenvalue weighted by Gasteiger charge is -2.14. The van der Waals surface area contributed by atoms with Crippen molar-refractivity contribution in [3.63, 3.8) is 0 Å². The molecule has 0 radical (unpaired) electrons. The fraction of sp³-hybridized carbons (Fsp3) is 0.538. The molecule has 0 aliphatic heterocycles. The Hall–Kier alpha value is -1.82. The van der Waals surface area contributed by atoms with Gasteiger partial charge in [-0.2, -0.15) is 0 Å². The molecule has 6 heteroatoms. The van der Waals surface area contributed by atoms with Gasteiger partial charge in [0.25, 0.3) is 0 Å². The molecule has 0 unspecified atom stereocenters. The van der Waals surface area contributed by atoms with E-state index in [2.05, 4.69) is 15.0 Å². The van der Waals surface area contributed by atoms with Crippen molar-refractivity contribution in [1.29, 1.82) is 0 Å². The zero-order valence-corrected chi connectivity index (χ0v) is 12.0. The molecule has 1 rings (SSSR count). The predicted octanol–water partition coefficient (Wildman–Crippen LogP) is 1.12. The number of oxime groups is 1. The number of pyridine rings is 1. The molecule has 0 saturated carbocycles. The van der Waals surface area contributed by atoms with E-state index in [9.17, 15) is 0 Å². The van der Waals surface area contributed by atoms with Crippen molar-refractivity contribution in [3.05, 3.63) is 22.9 Å². The Labute approximate surface area is 113 Å². The van der Waals surface area contributed by atoms with Crippen LogP contribution in [0.15, 0.2) is 11.2 Å². The van der Waals surface area contributed by atoms with Gasteiger partial charge in [0.05, 0.1) is 12.2 Å². The van der Waals surface area contributed by atoms with Crippen LogP contribution in [-0.4, -0.2) is 48.2 Å². The summed E-state index contributed by atoms with van der Waals surface area (Å²) in [4.78, 5) is 6.40. The summed E-state index contributed by atoms with van der Waals surface area (Å²) in [5, 5.41) is 11.9. The quantitative estimate of drug-likeness (QED) is 0.265. The Morgan fingerprint density at radius 1 is 1.47 bits per heavy atom. The maximum atomic E-state index is 8.82. The van der Waals surface area contributed by atoms with Crippen LogP contribution in [0, 0.1) is 13.8 Å². The third-order valence-corrected chi connectivity index (χ3v) is 2.66. The first-order chi connectivity index (χ1) is 8.95. The molecular formula is C13H22N4O2. The SMILES string of the molecule is Cc1cc(C)c(C(N)=NO)c(OCCCN(C)C)n1. The van der Waals surface area contributed by atoms with Crippen LogP contribution >= 0.6 is 0 Å². The van der Waals surface area contributed by atoms with Gasteiger partial charge in [0.15, 0.2) is 5.84 Å². The van der Waals surface area contributed by atoms with Crippen molar-refractivity contribution in [2.75, 3.05) is 27.2 Å². The van der Waals surface area contributed by atoms with Crippen LogP contribution in [0.25, 0.3) is 0 Å². The van der Waals surface area contributed by atoms with Crippen molar-refractivity contribution in [2.45, 2.75) is 20.3 Å². The van der Waals surface area contributed by atoms with Gasteiger partial charge in [-0.1, -0.05) is 5.16 Å². The lowest BCUT2D eigenvalue weighted by molar-refractivity contribution is 0.271. The van der Waals surface area contributed by atoms with Crippen molar-refractivity contribution in [2.24, 2.45) is 10.9 Å². The molecule has 0 aliphatic rings. The topological polar surface area (TPSA) is 84.0 Å². The minimum Gasteiger partial charge on any atom is -0.477 e. The van der Waals surface area contributed by atoms with E-state index in [1.165, 1.54) is 0 Å². The smallest absolute Gasteiger partial charge is 0.225 e. The summed E-state index contributed by atoms with van der Waals surface area (Å²) in [6.07, 6.45) is 0.886. The molecular weight excluding hydrogens is 244 g/mol.